The lowest BCUT2D eigenvalue weighted by Crippen LogP contribution is -2.46. The maximum Gasteiger partial charge on any atom is 0.0669 e. The van der Waals surface area contributed by atoms with Crippen LogP contribution in [0.5, 0.6) is 0 Å². The third-order valence-electron chi connectivity index (χ3n) is 2.56. The first kappa shape index (κ1) is 11.0. The highest BCUT2D eigenvalue weighted by Gasteiger charge is 2.21. The van der Waals surface area contributed by atoms with E-state index in [9.17, 15) is 0 Å². The van der Waals surface area contributed by atoms with Crippen LogP contribution < -0.4 is 5.73 Å². The van der Waals surface area contributed by atoms with Crippen LogP contribution in [0, 0.1) is 0 Å². The molecule has 1 aliphatic rings. The third kappa shape index (κ3) is 4.07. The monoisotopic (exact) mass is 187 g/mol. The predicted octanol–water partition coefficient (Wildman–Crippen LogP) is 1.05. The lowest BCUT2D eigenvalue weighted by Gasteiger charge is -2.27. The van der Waals surface area contributed by atoms with Crippen LogP contribution in [-0.4, -0.2) is 30.0 Å². The SMILES string of the molecule is CC(N)(CO)COC1CCCCC1. The first-order valence-corrected chi connectivity index (χ1v) is 5.15. The normalized spacial score (nSPS) is 24.2. The largest absolute Gasteiger partial charge is 0.394 e. The van der Waals surface area contributed by atoms with Crippen molar-refractivity contribution in [3.63, 3.8) is 0 Å². The molecule has 0 heterocycles. The Balaban J connectivity index is 2.17. The maximum absolute atomic E-state index is 8.92. The molecule has 0 amide bonds. The number of aliphatic hydroxyl groups is 1. The second-order valence-corrected chi connectivity index (χ2v) is 4.38. The third-order valence-corrected chi connectivity index (χ3v) is 2.56. The minimum absolute atomic E-state index is 0.0142. The first-order valence-electron chi connectivity index (χ1n) is 5.15. The summed E-state index contributed by atoms with van der Waals surface area (Å²) in [6.45, 7) is 2.27. The molecule has 0 saturated heterocycles. The zero-order valence-corrected chi connectivity index (χ0v) is 8.46. The van der Waals surface area contributed by atoms with Crippen LogP contribution in [-0.2, 0) is 4.74 Å². The Morgan fingerprint density at radius 2 is 2.00 bits per heavy atom. The Morgan fingerprint density at radius 3 is 2.54 bits per heavy atom. The van der Waals surface area contributed by atoms with Gasteiger partial charge in [0.2, 0.25) is 0 Å². The fourth-order valence-corrected chi connectivity index (χ4v) is 1.59. The van der Waals surface area contributed by atoms with Crippen molar-refractivity contribution >= 4 is 0 Å². The van der Waals surface area contributed by atoms with Gasteiger partial charge in [0.25, 0.3) is 0 Å². The number of rotatable bonds is 4. The smallest absolute Gasteiger partial charge is 0.0669 e. The van der Waals surface area contributed by atoms with Crippen LogP contribution in [0.4, 0.5) is 0 Å². The van der Waals surface area contributed by atoms with Gasteiger partial charge in [-0.3, -0.25) is 0 Å². The zero-order valence-electron chi connectivity index (χ0n) is 8.46. The molecule has 0 radical (unpaired) electrons. The molecule has 0 aromatic rings. The van der Waals surface area contributed by atoms with Crippen LogP contribution in [0.25, 0.3) is 0 Å². The summed E-state index contributed by atoms with van der Waals surface area (Å²) in [7, 11) is 0. The molecule has 3 heteroatoms. The molecule has 0 aromatic heterocycles. The van der Waals surface area contributed by atoms with Crippen LogP contribution in [0.3, 0.4) is 0 Å². The van der Waals surface area contributed by atoms with Crippen LogP contribution in [0.1, 0.15) is 39.0 Å². The summed E-state index contributed by atoms with van der Waals surface area (Å²) in [6.07, 6.45) is 6.56. The van der Waals surface area contributed by atoms with Gasteiger partial charge in [0.1, 0.15) is 0 Å². The summed E-state index contributed by atoms with van der Waals surface area (Å²) in [4.78, 5) is 0. The van der Waals surface area contributed by atoms with Crippen molar-refractivity contribution < 1.29 is 9.84 Å². The van der Waals surface area contributed by atoms with Gasteiger partial charge in [-0.15, -0.1) is 0 Å². The Morgan fingerprint density at radius 1 is 1.38 bits per heavy atom. The summed E-state index contributed by atoms with van der Waals surface area (Å²) in [5.74, 6) is 0. The summed E-state index contributed by atoms with van der Waals surface area (Å²) >= 11 is 0. The van der Waals surface area contributed by atoms with Crippen molar-refractivity contribution in [2.75, 3.05) is 13.2 Å². The fraction of sp³-hybridized carbons (Fsp3) is 1.00. The highest BCUT2D eigenvalue weighted by molar-refractivity contribution is 4.77. The average Bonchev–Trinajstić information content (AvgIpc) is 2.17. The zero-order chi connectivity index (χ0) is 9.73. The molecule has 1 aliphatic carbocycles. The van der Waals surface area contributed by atoms with E-state index < -0.39 is 5.54 Å². The van der Waals surface area contributed by atoms with E-state index in [-0.39, 0.29) is 6.61 Å². The second kappa shape index (κ2) is 4.94. The van der Waals surface area contributed by atoms with Gasteiger partial charge in [-0.2, -0.15) is 0 Å². The quantitative estimate of drug-likeness (QED) is 0.691. The van der Waals surface area contributed by atoms with Gasteiger partial charge in [-0.25, -0.2) is 0 Å². The van der Waals surface area contributed by atoms with Gasteiger partial charge >= 0.3 is 0 Å². The van der Waals surface area contributed by atoms with Crippen molar-refractivity contribution in [1.29, 1.82) is 0 Å². The molecular formula is C10H21NO2. The molecule has 78 valence electrons. The van der Waals surface area contributed by atoms with E-state index in [1.165, 1.54) is 19.3 Å². The molecule has 0 aromatic carbocycles. The standard InChI is InChI=1S/C10H21NO2/c1-10(11,7-12)8-13-9-5-3-2-4-6-9/h9,12H,2-8,11H2,1H3. The van der Waals surface area contributed by atoms with Gasteiger partial charge in [-0.1, -0.05) is 19.3 Å². The lowest BCUT2D eigenvalue weighted by atomic mass is 9.97. The highest BCUT2D eigenvalue weighted by atomic mass is 16.5. The molecule has 0 spiro atoms. The molecule has 1 atom stereocenters. The van der Waals surface area contributed by atoms with Crippen LogP contribution in [0.2, 0.25) is 0 Å². The summed E-state index contributed by atoms with van der Waals surface area (Å²) < 4.78 is 5.65. The molecule has 0 aliphatic heterocycles. The van der Waals surface area contributed by atoms with E-state index in [2.05, 4.69) is 0 Å². The van der Waals surface area contributed by atoms with Gasteiger partial charge < -0.3 is 15.6 Å². The Hall–Kier alpha value is -0.120. The van der Waals surface area contributed by atoms with E-state index in [0.29, 0.717) is 12.7 Å². The number of hydrogen-bond acceptors (Lipinski definition) is 3. The lowest BCUT2D eigenvalue weighted by molar-refractivity contribution is -0.00846. The number of nitrogens with two attached hydrogens (primary N) is 1. The average molecular weight is 187 g/mol. The molecule has 1 saturated carbocycles. The van der Waals surface area contributed by atoms with E-state index in [0.717, 1.165) is 12.8 Å². The second-order valence-electron chi connectivity index (χ2n) is 4.38. The number of hydrogen-bond donors (Lipinski definition) is 2. The number of ether oxygens (including phenoxy) is 1. The first-order chi connectivity index (χ1) is 6.14. The minimum atomic E-state index is -0.572. The molecule has 3 nitrogen and oxygen atoms in total. The Kier molecular flexibility index (Phi) is 4.16. The minimum Gasteiger partial charge on any atom is -0.394 e. The topological polar surface area (TPSA) is 55.5 Å². The van der Waals surface area contributed by atoms with Crippen LogP contribution >= 0.6 is 0 Å². The molecule has 0 bridgehead atoms. The molecule has 1 rings (SSSR count). The Labute approximate surface area is 80.3 Å². The molecule has 13 heavy (non-hydrogen) atoms. The molecular weight excluding hydrogens is 166 g/mol. The summed E-state index contributed by atoms with van der Waals surface area (Å²) in [5, 5.41) is 8.92. The fourth-order valence-electron chi connectivity index (χ4n) is 1.59. The van der Waals surface area contributed by atoms with Crippen molar-refractivity contribution in [3.8, 4) is 0 Å². The molecule has 1 unspecified atom stereocenters. The van der Waals surface area contributed by atoms with Crippen LogP contribution in [0.15, 0.2) is 0 Å². The van der Waals surface area contributed by atoms with E-state index in [1.807, 2.05) is 6.92 Å². The van der Waals surface area contributed by atoms with Crippen molar-refractivity contribution in [1.82, 2.24) is 0 Å². The number of aliphatic hydroxyl groups excluding tert-OH is 1. The predicted molar refractivity (Wildman–Crippen MR) is 52.5 cm³/mol. The van der Waals surface area contributed by atoms with Gasteiger partial charge in [0.15, 0.2) is 0 Å². The van der Waals surface area contributed by atoms with Crippen molar-refractivity contribution in [2.45, 2.75) is 50.7 Å². The summed E-state index contributed by atoms with van der Waals surface area (Å²) in [5.41, 5.74) is 5.19. The van der Waals surface area contributed by atoms with Crippen molar-refractivity contribution in [3.05, 3.63) is 0 Å². The van der Waals surface area contributed by atoms with E-state index >= 15 is 0 Å². The Bertz CT molecular complexity index is 142. The van der Waals surface area contributed by atoms with Crippen molar-refractivity contribution in [2.24, 2.45) is 5.73 Å². The van der Waals surface area contributed by atoms with Gasteiger partial charge in [-0.05, 0) is 19.8 Å². The molecule has 3 N–H and O–H groups in total. The highest BCUT2D eigenvalue weighted by Crippen LogP contribution is 2.20. The summed E-state index contributed by atoms with van der Waals surface area (Å²) in [6, 6.07) is 0. The maximum atomic E-state index is 8.92. The molecule has 1 fully saturated rings. The van der Waals surface area contributed by atoms with E-state index in [1.54, 1.807) is 0 Å². The van der Waals surface area contributed by atoms with Gasteiger partial charge in [0, 0.05) is 0 Å². The van der Waals surface area contributed by atoms with Gasteiger partial charge in [0.05, 0.1) is 24.9 Å². The van der Waals surface area contributed by atoms with E-state index in [4.69, 9.17) is 15.6 Å².